The van der Waals surface area contributed by atoms with Crippen molar-refractivity contribution < 1.29 is 0 Å². The summed E-state index contributed by atoms with van der Waals surface area (Å²) in [7, 11) is 0. The molecule has 0 spiro atoms. The van der Waals surface area contributed by atoms with Gasteiger partial charge in [-0.2, -0.15) is 0 Å². The molecule has 0 atom stereocenters. The van der Waals surface area contributed by atoms with Gasteiger partial charge in [0.05, 0.1) is 5.69 Å². The van der Waals surface area contributed by atoms with Crippen LogP contribution in [0.15, 0.2) is 24.3 Å². The minimum Gasteiger partial charge on any atom is -0.257 e. The van der Waals surface area contributed by atoms with Gasteiger partial charge in [0.15, 0.2) is 0 Å². The first kappa shape index (κ1) is 9.59. The topological polar surface area (TPSA) is 12.9 Å². The van der Waals surface area contributed by atoms with Crippen LogP contribution in [0.3, 0.4) is 0 Å². The number of hydrogen-bond donors (Lipinski definition) is 0. The Hall–Kier alpha value is -1.63. The summed E-state index contributed by atoms with van der Waals surface area (Å²) in [4.78, 5) is 4.71. The third-order valence-corrected chi connectivity index (χ3v) is 3.59. The fraction of sp³-hybridized carbons (Fsp3) is 0.267. The van der Waals surface area contributed by atoms with E-state index in [0.29, 0.717) is 0 Å². The second-order valence-corrected chi connectivity index (χ2v) is 4.66. The fourth-order valence-corrected chi connectivity index (χ4v) is 2.48. The molecule has 0 radical (unpaired) electrons. The Labute approximate surface area is 96.2 Å². The highest BCUT2D eigenvalue weighted by molar-refractivity contribution is 5.77. The van der Waals surface area contributed by atoms with Crippen molar-refractivity contribution in [3.63, 3.8) is 0 Å². The Balaban J connectivity index is 2.30. The lowest BCUT2D eigenvalue weighted by Crippen LogP contribution is -1.93. The molecular weight excluding hydrogens is 194 g/mol. The van der Waals surface area contributed by atoms with Crippen molar-refractivity contribution in [1.29, 1.82) is 0 Å². The van der Waals surface area contributed by atoms with E-state index in [1.807, 2.05) is 0 Å². The van der Waals surface area contributed by atoms with Gasteiger partial charge >= 0.3 is 0 Å². The Morgan fingerprint density at radius 2 is 1.81 bits per heavy atom. The van der Waals surface area contributed by atoms with Crippen LogP contribution >= 0.6 is 0 Å². The van der Waals surface area contributed by atoms with Crippen LogP contribution in [0, 0.1) is 20.8 Å². The minimum atomic E-state index is 0.998. The quantitative estimate of drug-likeness (QED) is 0.551. The molecule has 0 N–H and O–H groups in total. The predicted octanol–water partition coefficient (Wildman–Crippen LogP) is 3.58. The molecule has 0 aliphatic heterocycles. The van der Waals surface area contributed by atoms with Gasteiger partial charge < -0.3 is 0 Å². The van der Waals surface area contributed by atoms with E-state index in [1.54, 1.807) is 0 Å². The van der Waals surface area contributed by atoms with Crippen LogP contribution in [0.4, 0.5) is 0 Å². The highest BCUT2D eigenvalue weighted by Gasteiger charge is 2.21. The highest BCUT2D eigenvalue weighted by Crippen LogP contribution is 2.37. The van der Waals surface area contributed by atoms with Crippen molar-refractivity contribution >= 4 is 0 Å². The zero-order valence-corrected chi connectivity index (χ0v) is 9.96. The number of rotatable bonds is 0. The number of aromatic nitrogens is 1. The lowest BCUT2D eigenvalue weighted by molar-refractivity contribution is 1.05. The average Bonchev–Trinajstić information content (AvgIpc) is 2.59. The van der Waals surface area contributed by atoms with Gasteiger partial charge in [-0.05, 0) is 49.1 Å². The largest absolute Gasteiger partial charge is 0.257 e. The molecule has 1 aliphatic rings. The summed E-state index contributed by atoms with van der Waals surface area (Å²) in [6.45, 7) is 6.41. The molecule has 1 nitrogen and oxygen atoms in total. The SMILES string of the molecule is Cc1cc2c(nc1C)Cc1c(C)cccc1-2. The van der Waals surface area contributed by atoms with Gasteiger partial charge in [-0.15, -0.1) is 0 Å². The van der Waals surface area contributed by atoms with Crippen molar-refractivity contribution in [1.82, 2.24) is 4.98 Å². The molecule has 0 saturated carbocycles. The van der Waals surface area contributed by atoms with Gasteiger partial charge in [0.2, 0.25) is 0 Å². The Morgan fingerprint density at radius 1 is 1.00 bits per heavy atom. The predicted molar refractivity (Wildman–Crippen MR) is 66.7 cm³/mol. The molecular formula is C15H15N. The van der Waals surface area contributed by atoms with E-state index in [0.717, 1.165) is 12.1 Å². The van der Waals surface area contributed by atoms with E-state index < -0.39 is 0 Å². The van der Waals surface area contributed by atoms with Crippen LogP contribution in [0.2, 0.25) is 0 Å². The van der Waals surface area contributed by atoms with E-state index in [2.05, 4.69) is 45.0 Å². The van der Waals surface area contributed by atoms with Crippen molar-refractivity contribution in [3.8, 4) is 11.1 Å². The van der Waals surface area contributed by atoms with Gasteiger partial charge in [-0.1, -0.05) is 18.2 Å². The first-order chi connectivity index (χ1) is 7.66. The minimum absolute atomic E-state index is 0.998. The monoisotopic (exact) mass is 209 g/mol. The van der Waals surface area contributed by atoms with Crippen molar-refractivity contribution in [2.24, 2.45) is 0 Å². The maximum atomic E-state index is 4.71. The van der Waals surface area contributed by atoms with Crippen LogP contribution in [0.5, 0.6) is 0 Å². The summed E-state index contributed by atoms with van der Waals surface area (Å²) in [5.41, 5.74) is 9.23. The first-order valence-corrected chi connectivity index (χ1v) is 5.73. The second-order valence-electron chi connectivity index (χ2n) is 4.66. The smallest absolute Gasteiger partial charge is 0.0529 e. The molecule has 80 valence electrons. The Bertz CT molecular complexity index is 582. The van der Waals surface area contributed by atoms with Gasteiger partial charge in [-0.25, -0.2) is 0 Å². The summed E-state index contributed by atoms with van der Waals surface area (Å²) < 4.78 is 0. The molecule has 1 aromatic heterocycles. The third kappa shape index (κ3) is 1.21. The molecule has 1 aliphatic carbocycles. The molecule has 0 fully saturated rings. The lowest BCUT2D eigenvalue weighted by atomic mass is 10.0. The fourth-order valence-electron chi connectivity index (χ4n) is 2.48. The Morgan fingerprint density at radius 3 is 2.62 bits per heavy atom. The van der Waals surface area contributed by atoms with Crippen molar-refractivity contribution in [2.75, 3.05) is 0 Å². The number of nitrogens with zero attached hydrogens (tertiary/aromatic N) is 1. The second kappa shape index (κ2) is 3.18. The maximum absolute atomic E-state index is 4.71. The molecule has 0 saturated heterocycles. The molecule has 3 rings (SSSR count). The normalized spacial score (nSPS) is 12.4. The van der Waals surface area contributed by atoms with Crippen LogP contribution in [-0.4, -0.2) is 4.98 Å². The maximum Gasteiger partial charge on any atom is 0.0529 e. The zero-order chi connectivity index (χ0) is 11.3. The number of pyridine rings is 1. The third-order valence-electron chi connectivity index (χ3n) is 3.59. The Kier molecular flexibility index (Phi) is 1.90. The summed E-state index contributed by atoms with van der Waals surface area (Å²) in [5.74, 6) is 0. The standard InChI is InChI=1S/C15H15N/c1-9-5-4-6-12-13(9)8-15-14(12)7-10(2)11(3)16-15/h4-7H,8H2,1-3H3. The van der Waals surface area contributed by atoms with Gasteiger partial charge in [0, 0.05) is 17.7 Å². The van der Waals surface area contributed by atoms with E-state index in [-0.39, 0.29) is 0 Å². The summed E-state index contributed by atoms with van der Waals surface area (Å²) >= 11 is 0. The molecule has 0 amide bonds. The molecule has 16 heavy (non-hydrogen) atoms. The molecule has 2 aromatic rings. The van der Waals surface area contributed by atoms with Crippen molar-refractivity contribution in [3.05, 3.63) is 52.3 Å². The highest BCUT2D eigenvalue weighted by atomic mass is 14.7. The summed E-state index contributed by atoms with van der Waals surface area (Å²) in [6.07, 6.45) is 0.998. The first-order valence-electron chi connectivity index (χ1n) is 5.73. The van der Waals surface area contributed by atoms with E-state index in [1.165, 1.54) is 33.5 Å². The molecule has 1 aromatic carbocycles. The molecule has 0 unspecified atom stereocenters. The van der Waals surface area contributed by atoms with Gasteiger partial charge in [-0.3, -0.25) is 4.98 Å². The van der Waals surface area contributed by atoms with Crippen LogP contribution in [0.25, 0.3) is 11.1 Å². The summed E-state index contributed by atoms with van der Waals surface area (Å²) in [6, 6.07) is 8.82. The van der Waals surface area contributed by atoms with Gasteiger partial charge in [0.25, 0.3) is 0 Å². The van der Waals surface area contributed by atoms with Crippen LogP contribution in [0.1, 0.15) is 28.1 Å². The zero-order valence-electron chi connectivity index (χ0n) is 9.96. The van der Waals surface area contributed by atoms with E-state index >= 15 is 0 Å². The molecule has 0 bridgehead atoms. The molecule has 1 heterocycles. The lowest BCUT2D eigenvalue weighted by Gasteiger charge is -2.05. The number of aryl methyl sites for hydroxylation is 3. The van der Waals surface area contributed by atoms with E-state index in [9.17, 15) is 0 Å². The number of hydrogen-bond acceptors (Lipinski definition) is 1. The van der Waals surface area contributed by atoms with Crippen LogP contribution < -0.4 is 0 Å². The van der Waals surface area contributed by atoms with E-state index in [4.69, 9.17) is 4.98 Å². The van der Waals surface area contributed by atoms with Gasteiger partial charge in [0.1, 0.15) is 0 Å². The molecule has 1 heteroatoms. The number of benzene rings is 1. The van der Waals surface area contributed by atoms with Crippen molar-refractivity contribution in [2.45, 2.75) is 27.2 Å². The van der Waals surface area contributed by atoms with Crippen LogP contribution in [-0.2, 0) is 6.42 Å². The number of fused-ring (bicyclic) bond motifs is 3. The summed E-state index contributed by atoms with van der Waals surface area (Å²) in [5, 5.41) is 0. The average molecular weight is 209 g/mol.